The Morgan fingerprint density at radius 2 is 2.00 bits per heavy atom. The average Bonchev–Trinajstić information content (AvgIpc) is 2.89. The molecule has 3 N–H and O–H groups in total. The predicted octanol–water partition coefficient (Wildman–Crippen LogP) is 3.42. The van der Waals surface area contributed by atoms with Gasteiger partial charge in [0.1, 0.15) is 10.7 Å². The van der Waals surface area contributed by atoms with Crippen molar-refractivity contribution < 1.29 is 4.79 Å². The number of halogens is 1. The highest BCUT2D eigenvalue weighted by atomic mass is 79.9. The molecule has 1 aromatic carbocycles. The lowest BCUT2D eigenvalue weighted by Crippen LogP contribution is -2.27. The predicted molar refractivity (Wildman–Crippen MR) is 84.7 cm³/mol. The summed E-state index contributed by atoms with van der Waals surface area (Å²) in [6, 6.07) is 7.64. The van der Waals surface area contributed by atoms with E-state index in [1.54, 1.807) is 5.38 Å². The van der Waals surface area contributed by atoms with Crippen LogP contribution in [0.1, 0.15) is 47.0 Å². The second-order valence-corrected chi connectivity index (χ2v) is 6.41. The summed E-state index contributed by atoms with van der Waals surface area (Å²) in [5.74, 6) is -0.177. The highest BCUT2D eigenvalue weighted by Gasteiger charge is 2.15. The van der Waals surface area contributed by atoms with Crippen LogP contribution in [0.4, 0.5) is 0 Å². The number of nitrogens with two attached hydrogens (primary N) is 1. The minimum atomic E-state index is -0.177. The van der Waals surface area contributed by atoms with Gasteiger partial charge in [-0.1, -0.05) is 28.1 Å². The van der Waals surface area contributed by atoms with Gasteiger partial charge < -0.3 is 11.1 Å². The van der Waals surface area contributed by atoms with Crippen molar-refractivity contribution in [3.63, 3.8) is 0 Å². The molecule has 1 heterocycles. The molecular formula is C14H16BrN3OS. The van der Waals surface area contributed by atoms with Gasteiger partial charge in [0, 0.05) is 9.85 Å². The van der Waals surface area contributed by atoms with Crippen molar-refractivity contribution in [2.24, 2.45) is 5.73 Å². The molecule has 1 aromatic heterocycles. The van der Waals surface area contributed by atoms with Gasteiger partial charge in [-0.3, -0.25) is 4.79 Å². The molecule has 0 spiro atoms. The molecule has 2 atom stereocenters. The van der Waals surface area contributed by atoms with Crippen LogP contribution in [0.25, 0.3) is 0 Å². The smallest absolute Gasteiger partial charge is 0.271 e. The number of amides is 1. The zero-order chi connectivity index (χ0) is 14.7. The van der Waals surface area contributed by atoms with E-state index in [0.717, 1.165) is 15.0 Å². The van der Waals surface area contributed by atoms with E-state index in [4.69, 9.17) is 5.73 Å². The molecule has 6 heteroatoms. The zero-order valence-electron chi connectivity index (χ0n) is 11.3. The summed E-state index contributed by atoms with van der Waals surface area (Å²) < 4.78 is 1.01. The van der Waals surface area contributed by atoms with Crippen molar-refractivity contribution in [3.8, 4) is 0 Å². The van der Waals surface area contributed by atoms with Crippen LogP contribution >= 0.6 is 27.3 Å². The number of thiazole rings is 1. The number of carbonyl (C=O) groups excluding carboxylic acids is 1. The fourth-order valence-corrected chi connectivity index (χ4v) is 2.73. The number of rotatable bonds is 4. The van der Waals surface area contributed by atoms with Gasteiger partial charge in [-0.2, -0.15) is 0 Å². The van der Waals surface area contributed by atoms with Crippen molar-refractivity contribution in [2.45, 2.75) is 25.9 Å². The molecule has 0 saturated heterocycles. The molecule has 20 heavy (non-hydrogen) atoms. The van der Waals surface area contributed by atoms with Crippen LogP contribution in [0.15, 0.2) is 34.1 Å². The largest absolute Gasteiger partial charge is 0.344 e. The number of nitrogens with zero attached hydrogens (tertiary/aromatic N) is 1. The molecule has 0 saturated carbocycles. The lowest BCUT2D eigenvalue weighted by molar-refractivity contribution is 0.0935. The van der Waals surface area contributed by atoms with Crippen molar-refractivity contribution in [2.75, 3.05) is 0 Å². The van der Waals surface area contributed by atoms with Crippen LogP contribution in [0, 0.1) is 0 Å². The third-order valence-electron chi connectivity index (χ3n) is 2.86. The summed E-state index contributed by atoms with van der Waals surface area (Å²) in [6.45, 7) is 3.80. The molecule has 106 valence electrons. The molecule has 1 amide bonds. The van der Waals surface area contributed by atoms with Crippen molar-refractivity contribution in [1.29, 1.82) is 0 Å². The van der Waals surface area contributed by atoms with E-state index in [2.05, 4.69) is 26.2 Å². The zero-order valence-corrected chi connectivity index (χ0v) is 13.7. The Labute approximate surface area is 130 Å². The van der Waals surface area contributed by atoms with Gasteiger partial charge >= 0.3 is 0 Å². The van der Waals surface area contributed by atoms with Gasteiger partial charge in [-0.25, -0.2) is 4.98 Å². The maximum atomic E-state index is 12.1. The number of hydrogen-bond donors (Lipinski definition) is 2. The monoisotopic (exact) mass is 353 g/mol. The Hall–Kier alpha value is -1.24. The molecular weight excluding hydrogens is 338 g/mol. The molecule has 0 aliphatic carbocycles. The Balaban J connectivity index is 2.04. The summed E-state index contributed by atoms with van der Waals surface area (Å²) in [6.07, 6.45) is 0. The first-order chi connectivity index (χ1) is 9.47. The van der Waals surface area contributed by atoms with E-state index < -0.39 is 0 Å². The summed E-state index contributed by atoms with van der Waals surface area (Å²) in [5.41, 5.74) is 7.21. The van der Waals surface area contributed by atoms with Crippen LogP contribution < -0.4 is 11.1 Å². The lowest BCUT2D eigenvalue weighted by atomic mass is 10.1. The third-order valence-corrected chi connectivity index (χ3v) is 4.44. The molecule has 0 aliphatic rings. The second kappa shape index (κ2) is 6.47. The Morgan fingerprint density at radius 3 is 2.55 bits per heavy atom. The van der Waals surface area contributed by atoms with Gasteiger partial charge in [-0.05, 0) is 31.5 Å². The lowest BCUT2D eigenvalue weighted by Gasteiger charge is -2.13. The molecule has 0 aliphatic heterocycles. The number of hydrogen-bond acceptors (Lipinski definition) is 4. The summed E-state index contributed by atoms with van der Waals surface area (Å²) in [4.78, 5) is 16.4. The fourth-order valence-electron chi connectivity index (χ4n) is 1.71. The molecule has 2 unspecified atom stereocenters. The molecule has 0 fully saturated rings. The van der Waals surface area contributed by atoms with E-state index in [1.807, 2.05) is 38.1 Å². The highest BCUT2D eigenvalue weighted by molar-refractivity contribution is 9.10. The fraction of sp³-hybridized carbons (Fsp3) is 0.286. The second-order valence-electron chi connectivity index (χ2n) is 4.61. The van der Waals surface area contributed by atoms with E-state index in [0.29, 0.717) is 5.69 Å². The van der Waals surface area contributed by atoms with Crippen molar-refractivity contribution >= 4 is 33.2 Å². The van der Waals surface area contributed by atoms with Crippen LogP contribution in [0.5, 0.6) is 0 Å². The first-order valence-electron chi connectivity index (χ1n) is 6.24. The Morgan fingerprint density at radius 1 is 1.35 bits per heavy atom. The molecule has 0 radical (unpaired) electrons. The summed E-state index contributed by atoms with van der Waals surface area (Å²) in [7, 11) is 0. The summed E-state index contributed by atoms with van der Waals surface area (Å²) >= 11 is 4.80. The standard InChI is InChI=1S/C14H16BrN3OS/c1-8(16)14-18-12(7-20-14)13(19)17-9(2)10-3-5-11(15)6-4-10/h3-9H,16H2,1-2H3,(H,17,19). The van der Waals surface area contributed by atoms with Gasteiger partial charge in [0.25, 0.3) is 5.91 Å². The van der Waals surface area contributed by atoms with Crippen molar-refractivity contribution in [1.82, 2.24) is 10.3 Å². The number of benzene rings is 1. The van der Waals surface area contributed by atoms with Gasteiger partial charge in [-0.15, -0.1) is 11.3 Å². The number of aromatic nitrogens is 1. The number of carbonyl (C=O) groups is 1. The van der Waals surface area contributed by atoms with Crippen LogP contribution in [-0.4, -0.2) is 10.9 Å². The van der Waals surface area contributed by atoms with Gasteiger partial charge in [0.2, 0.25) is 0 Å². The minimum absolute atomic E-state index is 0.0731. The topological polar surface area (TPSA) is 68.0 Å². The first kappa shape index (κ1) is 15.2. The molecule has 2 rings (SSSR count). The Bertz CT molecular complexity index is 595. The van der Waals surface area contributed by atoms with Crippen LogP contribution in [-0.2, 0) is 0 Å². The van der Waals surface area contributed by atoms with E-state index in [-0.39, 0.29) is 18.0 Å². The quantitative estimate of drug-likeness (QED) is 0.884. The maximum absolute atomic E-state index is 12.1. The van der Waals surface area contributed by atoms with Gasteiger partial charge in [0.15, 0.2) is 0 Å². The van der Waals surface area contributed by atoms with E-state index >= 15 is 0 Å². The van der Waals surface area contributed by atoms with E-state index in [9.17, 15) is 4.79 Å². The number of nitrogens with one attached hydrogen (secondary N) is 1. The Kier molecular flexibility index (Phi) is 4.91. The third kappa shape index (κ3) is 3.65. The molecule has 2 aromatic rings. The van der Waals surface area contributed by atoms with Gasteiger partial charge in [0.05, 0.1) is 12.1 Å². The minimum Gasteiger partial charge on any atom is -0.344 e. The molecule has 0 bridgehead atoms. The van der Waals surface area contributed by atoms with Crippen LogP contribution in [0.3, 0.4) is 0 Å². The average molecular weight is 354 g/mol. The molecule has 4 nitrogen and oxygen atoms in total. The maximum Gasteiger partial charge on any atom is 0.271 e. The van der Waals surface area contributed by atoms with Crippen LogP contribution in [0.2, 0.25) is 0 Å². The van der Waals surface area contributed by atoms with E-state index in [1.165, 1.54) is 11.3 Å². The highest BCUT2D eigenvalue weighted by Crippen LogP contribution is 2.19. The van der Waals surface area contributed by atoms with Crippen molar-refractivity contribution in [3.05, 3.63) is 50.4 Å². The summed E-state index contributed by atoms with van der Waals surface area (Å²) in [5, 5.41) is 5.44. The normalized spacial score (nSPS) is 13.8. The first-order valence-corrected chi connectivity index (χ1v) is 7.92. The SMILES string of the molecule is CC(N)c1nc(C(=O)NC(C)c2ccc(Br)cc2)cs1.